The van der Waals surface area contributed by atoms with Crippen molar-refractivity contribution < 1.29 is 82.1 Å². The summed E-state index contributed by atoms with van der Waals surface area (Å²) in [4.78, 5) is 38.3. The number of unbranched alkanes of at least 4 members (excludes halogenated alkanes) is 29. The van der Waals surface area contributed by atoms with Crippen LogP contribution in [-0.4, -0.2) is 73.5 Å². The molecular weight excluding hydrogens is 794 g/mol. The molecule has 0 aliphatic carbocycles. The predicted molar refractivity (Wildman–Crippen MR) is 237 cm³/mol. The third-order valence-corrected chi connectivity index (χ3v) is 11.9. The van der Waals surface area contributed by atoms with Gasteiger partial charge in [0, 0.05) is 19.6 Å². The number of esters is 2. The minimum absolute atomic E-state index is 0. The molecule has 0 saturated carbocycles. The predicted octanol–water partition coefficient (Wildman–Crippen LogP) is 9.01. The maximum Gasteiger partial charge on any atom is 1.00 e. The first kappa shape index (κ1) is 62.0. The Hall–Kier alpha value is -0.0700. The molecule has 0 bridgehead atoms. The van der Waals surface area contributed by atoms with Gasteiger partial charge in [0.05, 0.1) is 32.3 Å². The topological polar surface area (TPSA) is 161 Å². The number of hydrogen-bond donors (Lipinski definition) is 2. The van der Waals surface area contributed by atoms with Crippen molar-refractivity contribution in [1.82, 2.24) is 0 Å². The second-order valence-electron chi connectivity index (χ2n) is 16.7. The van der Waals surface area contributed by atoms with Gasteiger partial charge in [-0.15, -0.1) is 0 Å². The van der Waals surface area contributed by atoms with E-state index in [9.17, 15) is 24.2 Å². The summed E-state index contributed by atoms with van der Waals surface area (Å²) >= 11 is 0. The molecule has 0 aliphatic heterocycles. The first-order valence-corrected chi connectivity index (χ1v) is 26.0. The van der Waals surface area contributed by atoms with Crippen molar-refractivity contribution >= 4 is 19.8 Å². The van der Waals surface area contributed by atoms with E-state index in [4.69, 9.17) is 28.4 Å². The number of carbonyl (C=O) groups excluding carboxylic acids is 2. The first-order chi connectivity index (χ1) is 28.7. The molecule has 60 heavy (non-hydrogen) atoms. The summed E-state index contributed by atoms with van der Waals surface area (Å²) in [6.07, 6.45) is 34.5. The van der Waals surface area contributed by atoms with Crippen LogP contribution in [-0.2, 0) is 37.4 Å². The standard InChI is InChI=1S/C47H93O11P.Na/c1-4-7-9-11-13-15-17-19-21-23-25-27-29-31-33-35-39-55-44(40-47(51)54-6-3)45(42-57-59(52,53)56-41-43(49)37-38-48)58-46(50)36-34-32-30-28-26-24-22-20-18-16-14-12-10-8-5-2;/h43-45,48-49H,4-42H2,1-3H3,(H,52,53);/q;+1/p-1/t43-,44?,45?;/m0./s1. The molecule has 4 atom stereocenters. The van der Waals surface area contributed by atoms with Crippen molar-refractivity contribution in [3.05, 3.63) is 0 Å². The van der Waals surface area contributed by atoms with E-state index in [1.165, 1.54) is 148 Å². The number of aliphatic hydroxyl groups excluding tert-OH is 2. The van der Waals surface area contributed by atoms with Crippen LogP contribution in [0.3, 0.4) is 0 Å². The molecule has 2 N–H and O–H groups in total. The summed E-state index contributed by atoms with van der Waals surface area (Å²) in [5.74, 6) is -1.07. The Bertz CT molecular complexity index is 976. The summed E-state index contributed by atoms with van der Waals surface area (Å²) in [5, 5.41) is 18.8. The number of carbonyl (C=O) groups is 2. The summed E-state index contributed by atoms with van der Waals surface area (Å²) in [6, 6.07) is 0. The van der Waals surface area contributed by atoms with Gasteiger partial charge in [0.25, 0.3) is 7.82 Å². The van der Waals surface area contributed by atoms with Crippen molar-refractivity contribution in [2.24, 2.45) is 0 Å². The van der Waals surface area contributed by atoms with Gasteiger partial charge in [0.2, 0.25) is 0 Å². The molecule has 0 heterocycles. The SMILES string of the molecule is CCCCCCCCCCCCCCCCCCOC(CC(=O)OCC)C(COP(=O)([O-])OC[C@@H](O)CCO)OC(=O)CCCCCCCCCCCCCCCCC.[Na+]. The van der Waals surface area contributed by atoms with E-state index < -0.39 is 51.3 Å². The zero-order valence-corrected chi connectivity index (χ0v) is 42.2. The normalized spacial score (nSPS) is 14.0. The molecule has 11 nitrogen and oxygen atoms in total. The van der Waals surface area contributed by atoms with Gasteiger partial charge in [-0.1, -0.05) is 200 Å². The number of aliphatic hydroxyl groups is 2. The fourth-order valence-electron chi connectivity index (χ4n) is 7.26. The quantitative estimate of drug-likeness (QED) is 0.0260. The zero-order chi connectivity index (χ0) is 43.5. The molecule has 0 aromatic carbocycles. The van der Waals surface area contributed by atoms with Gasteiger partial charge in [-0.3, -0.25) is 14.2 Å². The number of ether oxygens (including phenoxy) is 3. The minimum atomic E-state index is -4.93. The summed E-state index contributed by atoms with van der Waals surface area (Å²) in [5.41, 5.74) is 0. The Kier molecular flexibility index (Phi) is 48.5. The van der Waals surface area contributed by atoms with Gasteiger partial charge in [-0.2, -0.15) is 0 Å². The monoisotopic (exact) mass is 887 g/mol. The Morgan fingerprint density at radius 1 is 0.550 bits per heavy atom. The van der Waals surface area contributed by atoms with Gasteiger partial charge < -0.3 is 38.4 Å². The van der Waals surface area contributed by atoms with Crippen molar-refractivity contribution in [3.63, 3.8) is 0 Å². The molecular formula is C47H92NaO11P. The van der Waals surface area contributed by atoms with E-state index in [0.717, 1.165) is 44.9 Å². The average molecular weight is 887 g/mol. The smallest absolute Gasteiger partial charge is 0.756 e. The summed E-state index contributed by atoms with van der Waals surface area (Å²) in [6.45, 7) is 5.11. The van der Waals surface area contributed by atoms with Crippen LogP contribution < -0.4 is 34.5 Å². The molecule has 0 aromatic rings. The molecule has 13 heteroatoms. The van der Waals surface area contributed by atoms with Crippen LogP contribution in [0.4, 0.5) is 0 Å². The third kappa shape index (κ3) is 43.2. The number of phosphoric acid groups is 1. The Labute approximate surface area is 390 Å². The van der Waals surface area contributed by atoms with Crippen LogP contribution in [0.2, 0.25) is 0 Å². The Balaban J connectivity index is 0. The second-order valence-corrected chi connectivity index (χ2v) is 18.1. The van der Waals surface area contributed by atoms with Crippen molar-refractivity contribution in [1.29, 1.82) is 0 Å². The fourth-order valence-corrected chi connectivity index (χ4v) is 8.02. The van der Waals surface area contributed by atoms with Gasteiger partial charge >= 0.3 is 41.5 Å². The molecule has 0 rings (SSSR count). The molecule has 0 fully saturated rings. The van der Waals surface area contributed by atoms with E-state index in [1.807, 2.05) is 0 Å². The average Bonchev–Trinajstić information content (AvgIpc) is 3.21. The van der Waals surface area contributed by atoms with Crippen LogP contribution in [0.15, 0.2) is 0 Å². The maximum absolute atomic E-state index is 13.1. The molecule has 0 radical (unpaired) electrons. The van der Waals surface area contributed by atoms with E-state index in [2.05, 4.69) is 13.8 Å². The molecule has 352 valence electrons. The van der Waals surface area contributed by atoms with Crippen molar-refractivity contribution in [2.45, 2.75) is 257 Å². The molecule has 0 amide bonds. The Morgan fingerprint density at radius 2 is 0.933 bits per heavy atom. The molecule has 0 saturated heterocycles. The fraction of sp³-hybridized carbons (Fsp3) is 0.957. The van der Waals surface area contributed by atoms with E-state index in [-0.39, 0.29) is 62.0 Å². The molecule has 0 spiro atoms. The number of phosphoric ester groups is 1. The zero-order valence-electron chi connectivity index (χ0n) is 39.3. The van der Waals surface area contributed by atoms with Crippen LogP contribution in [0.1, 0.15) is 239 Å². The molecule has 0 aliphatic rings. The largest absolute Gasteiger partial charge is 1.00 e. The number of rotatable bonds is 47. The van der Waals surface area contributed by atoms with Crippen molar-refractivity contribution in [2.75, 3.05) is 33.0 Å². The van der Waals surface area contributed by atoms with E-state index >= 15 is 0 Å². The van der Waals surface area contributed by atoms with Crippen LogP contribution in [0, 0.1) is 0 Å². The summed E-state index contributed by atoms with van der Waals surface area (Å²) < 4.78 is 39.5. The Morgan fingerprint density at radius 3 is 1.33 bits per heavy atom. The van der Waals surface area contributed by atoms with Crippen LogP contribution in [0.25, 0.3) is 0 Å². The maximum atomic E-state index is 13.1. The summed E-state index contributed by atoms with van der Waals surface area (Å²) in [7, 11) is -4.93. The minimum Gasteiger partial charge on any atom is -0.756 e. The molecule has 3 unspecified atom stereocenters. The third-order valence-electron chi connectivity index (χ3n) is 11.0. The second kappa shape index (κ2) is 46.9. The van der Waals surface area contributed by atoms with Gasteiger partial charge in [0.1, 0.15) is 6.10 Å². The van der Waals surface area contributed by atoms with Gasteiger partial charge in [0.15, 0.2) is 6.10 Å². The van der Waals surface area contributed by atoms with E-state index in [0.29, 0.717) is 13.0 Å². The van der Waals surface area contributed by atoms with Crippen molar-refractivity contribution in [3.8, 4) is 0 Å². The first-order valence-electron chi connectivity index (χ1n) is 24.5. The molecule has 0 aromatic heterocycles. The van der Waals surface area contributed by atoms with Crippen LogP contribution in [0.5, 0.6) is 0 Å². The van der Waals surface area contributed by atoms with Crippen LogP contribution >= 0.6 is 7.82 Å². The van der Waals surface area contributed by atoms with Gasteiger partial charge in [-0.05, 0) is 26.2 Å². The van der Waals surface area contributed by atoms with E-state index in [1.54, 1.807) is 6.92 Å². The van der Waals surface area contributed by atoms with Gasteiger partial charge in [-0.25, -0.2) is 0 Å². The number of hydrogen-bond acceptors (Lipinski definition) is 11.